The summed E-state index contributed by atoms with van der Waals surface area (Å²) in [6, 6.07) is 13.2. The van der Waals surface area contributed by atoms with Crippen LogP contribution in [0.5, 0.6) is 0 Å². The Morgan fingerprint density at radius 3 is 2.62 bits per heavy atom. The zero-order chi connectivity index (χ0) is 17.9. The van der Waals surface area contributed by atoms with Crippen molar-refractivity contribution in [1.29, 1.82) is 0 Å². The van der Waals surface area contributed by atoms with Gasteiger partial charge in [0.25, 0.3) is 5.91 Å². The van der Waals surface area contributed by atoms with E-state index in [0.29, 0.717) is 23.7 Å². The number of fused-ring (bicyclic) bond motifs is 1. The molecule has 0 unspecified atom stereocenters. The predicted molar refractivity (Wildman–Crippen MR) is 95.1 cm³/mol. The van der Waals surface area contributed by atoms with E-state index in [1.807, 2.05) is 24.3 Å². The van der Waals surface area contributed by atoms with Crippen LogP contribution in [0.3, 0.4) is 0 Å². The molecule has 0 fully saturated rings. The number of hydrogen-bond acceptors (Lipinski definition) is 6. The van der Waals surface area contributed by atoms with Gasteiger partial charge in [-0.15, -0.1) is 5.10 Å². The molecular weight excluding hydrogens is 330 g/mol. The molecule has 1 amide bonds. The first kappa shape index (κ1) is 15.7. The minimum absolute atomic E-state index is 0.311. The van der Waals surface area contributed by atoms with Crippen LogP contribution in [0.4, 0.5) is 5.95 Å². The van der Waals surface area contributed by atoms with Crippen LogP contribution in [-0.2, 0) is 6.54 Å². The molecule has 0 saturated heterocycles. The van der Waals surface area contributed by atoms with Gasteiger partial charge >= 0.3 is 0 Å². The van der Waals surface area contributed by atoms with E-state index in [-0.39, 0.29) is 0 Å². The van der Waals surface area contributed by atoms with Gasteiger partial charge in [-0.05, 0) is 23.8 Å². The molecule has 0 aliphatic carbocycles. The summed E-state index contributed by atoms with van der Waals surface area (Å²) in [5.74, 6) is 0.0333. The third kappa shape index (κ3) is 2.95. The van der Waals surface area contributed by atoms with Gasteiger partial charge in [-0.2, -0.15) is 0 Å². The van der Waals surface area contributed by atoms with E-state index < -0.39 is 5.91 Å². The number of nitrogens with two attached hydrogens (primary N) is 1. The highest BCUT2D eigenvalue weighted by atomic mass is 16.1. The van der Waals surface area contributed by atoms with E-state index in [4.69, 9.17) is 5.73 Å². The van der Waals surface area contributed by atoms with Crippen LogP contribution in [0.2, 0.25) is 0 Å². The molecule has 1 radical (unpaired) electrons. The second-order valence-electron chi connectivity index (χ2n) is 5.57. The summed E-state index contributed by atoms with van der Waals surface area (Å²) >= 11 is 0. The lowest BCUT2D eigenvalue weighted by molar-refractivity contribution is 0.100. The third-order valence-electron chi connectivity index (χ3n) is 3.91. The second-order valence-corrected chi connectivity index (χ2v) is 5.57. The van der Waals surface area contributed by atoms with Crippen LogP contribution in [0.15, 0.2) is 54.9 Å². The number of benzene rings is 1. The molecule has 3 N–H and O–H groups in total. The number of primary amides is 1. The SMILES string of the molecule is NC(=O)c1ccc(-c2ccc(CNc3ncccn3)cc2)n2n[c]nc12. The van der Waals surface area contributed by atoms with E-state index in [0.717, 1.165) is 16.8 Å². The number of carbonyl (C=O) groups is 1. The van der Waals surface area contributed by atoms with Crippen molar-refractivity contribution in [3.8, 4) is 11.3 Å². The van der Waals surface area contributed by atoms with Crippen LogP contribution in [0.25, 0.3) is 16.9 Å². The van der Waals surface area contributed by atoms with Crippen LogP contribution in [0.1, 0.15) is 15.9 Å². The first-order valence-corrected chi connectivity index (χ1v) is 7.88. The average Bonchev–Trinajstić information content (AvgIpc) is 3.16. The van der Waals surface area contributed by atoms with Crippen molar-refractivity contribution >= 4 is 17.5 Å². The van der Waals surface area contributed by atoms with Gasteiger partial charge in [0.15, 0.2) is 5.65 Å². The van der Waals surface area contributed by atoms with Crippen LogP contribution in [-0.4, -0.2) is 30.5 Å². The lowest BCUT2D eigenvalue weighted by Gasteiger charge is -2.08. The third-order valence-corrected chi connectivity index (χ3v) is 3.91. The monoisotopic (exact) mass is 344 g/mol. The van der Waals surface area contributed by atoms with Crippen molar-refractivity contribution in [3.63, 3.8) is 0 Å². The maximum atomic E-state index is 11.5. The second kappa shape index (κ2) is 6.60. The number of aromatic nitrogens is 5. The molecular formula is C18H14N7O. The van der Waals surface area contributed by atoms with E-state index in [9.17, 15) is 4.79 Å². The van der Waals surface area contributed by atoms with Gasteiger partial charge in [0, 0.05) is 24.5 Å². The molecule has 8 nitrogen and oxygen atoms in total. The summed E-state index contributed by atoms with van der Waals surface area (Å²) in [5.41, 5.74) is 8.89. The Labute approximate surface area is 148 Å². The maximum Gasteiger partial charge on any atom is 0.252 e. The zero-order valence-electron chi connectivity index (χ0n) is 13.6. The van der Waals surface area contributed by atoms with Gasteiger partial charge in [0.1, 0.15) is 0 Å². The zero-order valence-corrected chi connectivity index (χ0v) is 13.6. The highest BCUT2D eigenvalue weighted by molar-refractivity contribution is 5.99. The normalized spacial score (nSPS) is 10.8. The van der Waals surface area contributed by atoms with Crippen molar-refractivity contribution in [1.82, 2.24) is 24.6 Å². The number of hydrogen-bond donors (Lipinski definition) is 2. The van der Waals surface area contributed by atoms with Gasteiger partial charge < -0.3 is 11.1 Å². The number of amides is 1. The van der Waals surface area contributed by atoms with E-state index >= 15 is 0 Å². The molecule has 0 bridgehead atoms. The van der Waals surface area contributed by atoms with Gasteiger partial charge in [-0.3, -0.25) is 4.79 Å². The molecule has 0 aliphatic heterocycles. The Morgan fingerprint density at radius 2 is 1.88 bits per heavy atom. The number of nitrogens with zero attached hydrogens (tertiary/aromatic N) is 5. The van der Waals surface area contributed by atoms with Gasteiger partial charge in [-0.25, -0.2) is 19.5 Å². The first-order valence-electron chi connectivity index (χ1n) is 7.88. The molecule has 4 aromatic rings. The molecule has 3 aromatic heterocycles. The summed E-state index contributed by atoms with van der Waals surface area (Å²) in [5, 5.41) is 7.24. The van der Waals surface area contributed by atoms with E-state index in [1.54, 1.807) is 35.1 Å². The molecule has 1 aromatic carbocycles. The fourth-order valence-electron chi connectivity index (χ4n) is 2.63. The van der Waals surface area contributed by atoms with E-state index in [2.05, 4.69) is 31.7 Å². The molecule has 0 aliphatic rings. The molecule has 0 spiro atoms. The first-order chi connectivity index (χ1) is 12.7. The summed E-state index contributed by atoms with van der Waals surface area (Å²) < 4.78 is 1.56. The van der Waals surface area contributed by atoms with Crippen LogP contribution in [0, 0.1) is 6.33 Å². The quantitative estimate of drug-likeness (QED) is 0.570. The Bertz CT molecular complexity index is 1060. The summed E-state index contributed by atoms with van der Waals surface area (Å²) in [7, 11) is 0. The number of carbonyl (C=O) groups excluding carboxylic acids is 1. The average molecular weight is 344 g/mol. The molecule has 0 saturated carbocycles. The predicted octanol–water partition coefficient (Wildman–Crippen LogP) is 1.70. The van der Waals surface area contributed by atoms with Crippen molar-refractivity contribution in [3.05, 3.63) is 72.3 Å². The number of pyridine rings is 1. The van der Waals surface area contributed by atoms with Crippen LogP contribution >= 0.6 is 0 Å². The molecule has 26 heavy (non-hydrogen) atoms. The molecule has 4 rings (SSSR count). The summed E-state index contributed by atoms with van der Waals surface area (Å²) in [6.07, 6.45) is 5.90. The smallest absolute Gasteiger partial charge is 0.252 e. The summed E-state index contributed by atoms with van der Waals surface area (Å²) in [6.45, 7) is 0.609. The van der Waals surface area contributed by atoms with Crippen molar-refractivity contribution in [2.45, 2.75) is 6.54 Å². The Balaban J connectivity index is 1.59. The van der Waals surface area contributed by atoms with Gasteiger partial charge in [-0.1, -0.05) is 24.3 Å². The fraction of sp³-hybridized carbons (Fsp3) is 0.0556. The summed E-state index contributed by atoms with van der Waals surface area (Å²) in [4.78, 5) is 23.8. The fourth-order valence-corrected chi connectivity index (χ4v) is 2.63. The maximum absolute atomic E-state index is 11.5. The Hall–Kier alpha value is -3.81. The molecule has 8 heteroatoms. The standard InChI is InChI=1S/C18H14N7O/c19-16(26)14-6-7-15(25-17(14)23-11-24-25)13-4-2-12(3-5-13)10-22-18-20-8-1-9-21-18/h1-9H,10H2,(H2,19,26)(H,20,21,22). The van der Waals surface area contributed by atoms with Gasteiger partial charge in [0.05, 0.1) is 11.3 Å². The molecule has 0 atom stereocenters. The highest BCUT2D eigenvalue weighted by Gasteiger charge is 2.13. The lowest BCUT2D eigenvalue weighted by atomic mass is 10.1. The lowest BCUT2D eigenvalue weighted by Crippen LogP contribution is -2.13. The van der Waals surface area contributed by atoms with Crippen molar-refractivity contribution < 1.29 is 4.79 Å². The minimum atomic E-state index is -0.549. The van der Waals surface area contributed by atoms with Crippen molar-refractivity contribution in [2.24, 2.45) is 5.73 Å². The number of anilines is 1. The highest BCUT2D eigenvalue weighted by Crippen LogP contribution is 2.22. The molecule has 127 valence electrons. The Morgan fingerprint density at radius 1 is 1.12 bits per heavy atom. The number of rotatable bonds is 5. The number of nitrogens with one attached hydrogen (secondary N) is 1. The minimum Gasteiger partial charge on any atom is -0.365 e. The largest absolute Gasteiger partial charge is 0.365 e. The molecule has 3 heterocycles. The topological polar surface area (TPSA) is 111 Å². The van der Waals surface area contributed by atoms with E-state index in [1.165, 1.54) is 0 Å². The van der Waals surface area contributed by atoms with Gasteiger partial charge in [0.2, 0.25) is 12.3 Å². The van der Waals surface area contributed by atoms with Crippen molar-refractivity contribution in [2.75, 3.05) is 5.32 Å². The van der Waals surface area contributed by atoms with Crippen LogP contribution < -0.4 is 11.1 Å². The Kier molecular flexibility index (Phi) is 3.98.